The molecule has 0 radical (unpaired) electrons. The molecule has 0 saturated carbocycles. The van der Waals surface area contributed by atoms with Gasteiger partial charge in [-0.15, -0.1) is 21.6 Å². The summed E-state index contributed by atoms with van der Waals surface area (Å²) in [6.07, 6.45) is 1.94. The van der Waals surface area contributed by atoms with E-state index >= 15 is 0 Å². The minimum atomic E-state index is -3.11. The van der Waals surface area contributed by atoms with Gasteiger partial charge in [0.05, 0.1) is 6.04 Å². The number of hydrogen-bond donors (Lipinski definition) is 0. The van der Waals surface area contributed by atoms with Crippen LogP contribution in [0.2, 0.25) is 0 Å². The predicted molar refractivity (Wildman–Crippen MR) is 243 cm³/mol. The van der Waals surface area contributed by atoms with Crippen LogP contribution in [0.1, 0.15) is 25.0 Å². The number of rotatable bonds is 8. The summed E-state index contributed by atoms with van der Waals surface area (Å²) in [5.41, 5.74) is 10.0. The summed E-state index contributed by atoms with van der Waals surface area (Å²) >= 11 is 0. The van der Waals surface area contributed by atoms with Crippen molar-refractivity contribution in [3.05, 3.63) is 199 Å². The molecule has 1 aliphatic heterocycles. The number of aromatic nitrogens is 2. The molecule has 0 unspecified atom stereocenters. The topological polar surface area (TPSA) is 37.1 Å². The van der Waals surface area contributed by atoms with Crippen LogP contribution in [-0.2, 0) is 21.1 Å². The standard InChI is InChI=1S/C52H42N4OSi.Pt/c1-36(2)55-48-27-13-14-28-49(48)56(57-55)40-19-16-24-43(34-40)58(41-20-7-5-8-21-41,42-22-9-6-10-23-42)44-29-30-46-45-25-11-12-26-47(45)54(50(46)35-44)51-33-39(31-32-53-51)52-37(3)17-15-18-38(52)4;/h5-33,36H,1-4H3;/q-2;/p+1. The summed E-state index contributed by atoms with van der Waals surface area (Å²) in [6, 6.07) is 69.5. The van der Waals surface area contributed by atoms with Gasteiger partial charge in [0.1, 0.15) is 25.3 Å². The van der Waals surface area contributed by atoms with E-state index in [1.54, 1.807) is 0 Å². The van der Waals surface area contributed by atoms with E-state index in [2.05, 4.69) is 219 Å². The van der Waals surface area contributed by atoms with Gasteiger partial charge in [-0.25, -0.2) is 4.98 Å². The molecular formula is C52H43N4OPtSi-. The number of para-hydroxylation sites is 3. The zero-order valence-electron chi connectivity index (χ0n) is 33.4. The van der Waals surface area contributed by atoms with E-state index in [1.165, 1.54) is 32.5 Å². The fourth-order valence-corrected chi connectivity index (χ4v) is 13.6. The number of hydrogen-bond acceptors (Lipinski definition) is 3. The quantitative estimate of drug-likeness (QED) is 0.0660. The van der Waals surface area contributed by atoms with Gasteiger partial charge in [0.15, 0.2) is 0 Å². The Morgan fingerprint density at radius 2 is 1.22 bits per heavy atom. The van der Waals surface area contributed by atoms with E-state index in [9.17, 15) is 0 Å². The minimum absolute atomic E-state index is 0. The average molecular weight is 963 g/mol. The van der Waals surface area contributed by atoms with Crippen molar-refractivity contribution in [1.82, 2.24) is 9.55 Å². The first-order valence-electron chi connectivity index (χ1n) is 20.0. The molecule has 10 rings (SSSR count). The van der Waals surface area contributed by atoms with Crippen molar-refractivity contribution in [2.24, 2.45) is 0 Å². The van der Waals surface area contributed by atoms with Gasteiger partial charge in [0.25, 0.3) is 0 Å². The third-order valence-electron chi connectivity index (χ3n) is 11.6. The second-order valence-electron chi connectivity index (χ2n) is 15.4. The Morgan fingerprint density at radius 3 is 1.93 bits per heavy atom. The molecule has 7 aromatic carbocycles. The van der Waals surface area contributed by atoms with Gasteiger partial charge in [0.2, 0.25) is 0 Å². The Kier molecular flexibility index (Phi) is 10.2. The van der Waals surface area contributed by atoms with Crippen LogP contribution in [0.25, 0.3) is 38.8 Å². The van der Waals surface area contributed by atoms with E-state index < -0.39 is 8.07 Å². The van der Waals surface area contributed by atoms with Gasteiger partial charge in [-0.2, -0.15) is 51.7 Å². The molecule has 0 fully saturated rings. The molecule has 3 heterocycles. The van der Waals surface area contributed by atoms with Crippen LogP contribution >= 0.6 is 0 Å². The van der Waals surface area contributed by atoms with Crippen LogP contribution in [0, 0.1) is 26.0 Å². The van der Waals surface area contributed by atoms with Crippen molar-refractivity contribution in [2.75, 3.05) is 10.1 Å². The molecule has 0 saturated heterocycles. The molecule has 5 nitrogen and oxygen atoms in total. The summed E-state index contributed by atoms with van der Waals surface area (Å²) < 4.78 is 2.31. The van der Waals surface area contributed by atoms with E-state index in [4.69, 9.17) is 9.92 Å². The summed E-state index contributed by atoms with van der Waals surface area (Å²) in [4.78, 5) is 10.2. The molecular weight excluding hydrogens is 920 g/mol. The number of hydroxylamine groups is 1. The molecule has 1 N–H and O–H groups in total. The van der Waals surface area contributed by atoms with Crippen LogP contribution < -0.4 is 30.9 Å². The summed E-state index contributed by atoms with van der Waals surface area (Å²) in [5, 5.41) is 11.2. The molecule has 9 aromatic rings. The average Bonchev–Trinajstić information content (AvgIpc) is 3.82. The predicted octanol–water partition coefficient (Wildman–Crippen LogP) is 9.64. The van der Waals surface area contributed by atoms with Crippen LogP contribution in [-0.4, -0.2) is 28.6 Å². The second-order valence-corrected chi connectivity index (χ2v) is 19.1. The van der Waals surface area contributed by atoms with E-state index in [0.29, 0.717) is 0 Å². The van der Waals surface area contributed by atoms with Gasteiger partial charge in [0, 0.05) is 38.5 Å². The first-order valence-corrected chi connectivity index (χ1v) is 22.0. The molecule has 0 spiro atoms. The number of aryl methyl sites for hydroxylation is 2. The maximum atomic E-state index is 5.15. The Morgan fingerprint density at radius 1 is 0.593 bits per heavy atom. The van der Waals surface area contributed by atoms with Gasteiger partial charge in [-0.05, 0) is 96.0 Å². The van der Waals surface area contributed by atoms with Crippen molar-refractivity contribution >= 4 is 67.7 Å². The summed E-state index contributed by atoms with van der Waals surface area (Å²) in [7, 11) is -3.11. The second kappa shape index (κ2) is 15.6. The molecule has 7 heteroatoms. The van der Waals surface area contributed by atoms with Crippen LogP contribution in [0.15, 0.2) is 176 Å². The number of fused-ring (bicyclic) bond motifs is 4. The fourth-order valence-electron chi connectivity index (χ4n) is 9.01. The zero-order chi connectivity index (χ0) is 39.4. The third-order valence-corrected chi connectivity index (χ3v) is 16.2. The van der Waals surface area contributed by atoms with Crippen molar-refractivity contribution in [2.45, 2.75) is 33.7 Å². The largest absolute Gasteiger partial charge is 0.319 e. The SMILES string of the molecule is Cc1cccc(C)c1-c1ccnc(-n2c3[c-]c([Si](c4[c-]c(N5[OH+]N(C(C)C)c6ccccc65)ccc4)(c4ccccc4)c4ccccc4)ccc3c3ccccc32)c1.[Pt]. The number of nitrogens with zero attached hydrogens (tertiary/aromatic N) is 4. The van der Waals surface area contributed by atoms with Gasteiger partial charge >= 0.3 is 0 Å². The summed E-state index contributed by atoms with van der Waals surface area (Å²) in [6.45, 7) is 8.72. The van der Waals surface area contributed by atoms with E-state index in [1.807, 2.05) is 11.3 Å². The molecule has 2 aromatic heterocycles. The Labute approximate surface area is 361 Å². The molecule has 0 bridgehead atoms. The summed E-state index contributed by atoms with van der Waals surface area (Å²) in [5.74, 6) is 0.865. The maximum Gasteiger partial charge on any atom is 0.145 e. The van der Waals surface area contributed by atoms with Crippen molar-refractivity contribution in [3.63, 3.8) is 0 Å². The van der Waals surface area contributed by atoms with Gasteiger partial charge in [-0.1, -0.05) is 115 Å². The first-order chi connectivity index (χ1) is 28.4. The van der Waals surface area contributed by atoms with Crippen LogP contribution in [0.4, 0.5) is 17.1 Å². The van der Waals surface area contributed by atoms with E-state index in [-0.39, 0.29) is 27.1 Å². The Bertz CT molecular complexity index is 2910. The minimum Gasteiger partial charge on any atom is -0.319 e. The molecule has 0 atom stereocenters. The molecule has 292 valence electrons. The smallest absolute Gasteiger partial charge is 0.145 e. The third kappa shape index (κ3) is 6.34. The normalized spacial score (nSPS) is 12.6. The zero-order valence-corrected chi connectivity index (χ0v) is 36.6. The molecule has 59 heavy (non-hydrogen) atoms. The Balaban J connectivity index is 0.00000449. The number of anilines is 3. The van der Waals surface area contributed by atoms with Gasteiger partial charge < -0.3 is 4.57 Å². The van der Waals surface area contributed by atoms with Crippen LogP contribution in [0.3, 0.4) is 0 Å². The van der Waals surface area contributed by atoms with Crippen molar-refractivity contribution < 1.29 is 26.0 Å². The van der Waals surface area contributed by atoms with Crippen molar-refractivity contribution in [3.8, 4) is 16.9 Å². The number of benzene rings is 7. The Hall–Kier alpha value is -6.04. The molecule has 1 aliphatic rings. The van der Waals surface area contributed by atoms with Crippen molar-refractivity contribution in [1.29, 1.82) is 0 Å². The van der Waals surface area contributed by atoms with Crippen LogP contribution in [0.5, 0.6) is 0 Å². The maximum absolute atomic E-state index is 5.15. The van der Waals surface area contributed by atoms with Gasteiger partial charge in [-0.3, -0.25) is 0 Å². The first kappa shape index (κ1) is 38.5. The fraction of sp³-hybridized carbons (Fsp3) is 0.0962. The molecule has 0 aliphatic carbocycles. The number of pyridine rings is 1. The van der Waals surface area contributed by atoms with E-state index in [0.717, 1.165) is 55.2 Å². The monoisotopic (exact) mass is 962 g/mol. The molecule has 0 amide bonds.